The Bertz CT molecular complexity index is 277. The van der Waals surface area contributed by atoms with E-state index in [9.17, 15) is 0 Å². The van der Waals surface area contributed by atoms with E-state index in [0.717, 1.165) is 26.2 Å². The van der Waals surface area contributed by atoms with Crippen molar-refractivity contribution in [2.24, 2.45) is 11.7 Å². The summed E-state index contributed by atoms with van der Waals surface area (Å²) in [5.41, 5.74) is 7.20. The smallest absolute Gasteiger partial charge is 0.0588 e. The van der Waals surface area contributed by atoms with Gasteiger partial charge in [0.25, 0.3) is 0 Å². The molecular weight excluding hydrogens is 176 g/mol. The maximum Gasteiger partial charge on any atom is 0.0588 e. The lowest BCUT2D eigenvalue weighted by Gasteiger charge is -2.46. The molecule has 3 N–H and O–H groups in total. The second-order valence-electron chi connectivity index (χ2n) is 4.23. The summed E-state index contributed by atoms with van der Waals surface area (Å²) in [6, 6.07) is 2.15. The van der Waals surface area contributed by atoms with Crippen molar-refractivity contribution in [3.8, 4) is 0 Å². The molecule has 0 aliphatic carbocycles. The van der Waals surface area contributed by atoms with Gasteiger partial charge in [0.15, 0.2) is 0 Å². The number of H-pyrrole nitrogens is 1. The Balaban J connectivity index is 2.17. The maximum atomic E-state index is 5.61. The van der Waals surface area contributed by atoms with Crippen molar-refractivity contribution in [2.75, 3.05) is 19.8 Å². The van der Waals surface area contributed by atoms with Gasteiger partial charge in [0.2, 0.25) is 0 Å². The highest BCUT2D eigenvalue weighted by Crippen LogP contribution is 2.40. The minimum Gasteiger partial charge on any atom is -0.379 e. The van der Waals surface area contributed by atoms with Gasteiger partial charge in [0, 0.05) is 17.8 Å². The van der Waals surface area contributed by atoms with Crippen molar-refractivity contribution >= 4 is 0 Å². The van der Waals surface area contributed by atoms with Crippen molar-refractivity contribution < 1.29 is 4.74 Å². The normalized spacial score (nSPS) is 21.6. The number of hydrogen-bond acceptors (Lipinski definition) is 2. The van der Waals surface area contributed by atoms with Gasteiger partial charge in [0.05, 0.1) is 13.2 Å². The molecule has 1 aliphatic heterocycles. The topological polar surface area (TPSA) is 51.0 Å². The fourth-order valence-electron chi connectivity index (χ4n) is 2.22. The van der Waals surface area contributed by atoms with Crippen LogP contribution in [0, 0.1) is 5.92 Å². The number of nitrogens with one attached hydrogen (secondary N) is 1. The lowest BCUT2D eigenvalue weighted by atomic mass is 9.69. The zero-order valence-electron chi connectivity index (χ0n) is 8.62. The molecule has 3 heteroatoms. The largest absolute Gasteiger partial charge is 0.379 e. The fraction of sp³-hybridized carbons (Fsp3) is 0.636. The molecule has 1 fully saturated rings. The van der Waals surface area contributed by atoms with Crippen molar-refractivity contribution in [1.82, 2.24) is 4.98 Å². The highest BCUT2D eigenvalue weighted by atomic mass is 16.5. The first kappa shape index (κ1) is 9.74. The van der Waals surface area contributed by atoms with Crippen LogP contribution in [0.15, 0.2) is 18.5 Å². The molecule has 1 aromatic heterocycles. The number of rotatable bonds is 4. The lowest BCUT2D eigenvalue weighted by molar-refractivity contribution is -0.0882. The van der Waals surface area contributed by atoms with Crippen LogP contribution >= 0.6 is 0 Å². The van der Waals surface area contributed by atoms with E-state index in [1.807, 2.05) is 6.20 Å². The standard InChI is InChI=1S/C11H18N2O/c1-9(2-4-12)11(7-14-8-11)10-3-5-13-6-10/h3,5-6,9,13H,2,4,7-8,12H2,1H3. The molecule has 1 aliphatic rings. The first-order valence-corrected chi connectivity index (χ1v) is 5.21. The van der Waals surface area contributed by atoms with E-state index in [0.29, 0.717) is 5.92 Å². The Labute approximate surface area is 84.6 Å². The van der Waals surface area contributed by atoms with Crippen molar-refractivity contribution in [1.29, 1.82) is 0 Å². The Morgan fingerprint density at radius 2 is 2.43 bits per heavy atom. The Kier molecular flexibility index (Phi) is 2.61. The molecule has 3 nitrogen and oxygen atoms in total. The van der Waals surface area contributed by atoms with Crippen LogP contribution in [0.2, 0.25) is 0 Å². The third-order valence-corrected chi connectivity index (χ3v) is 3.44. The first-order valence-electron chi connectivity index (χ1n) is 5.21. The van der Waals surface area contributed by atoms with E-state index >= 15 is 0 Å². The highest BCUT2D eigenvalue weighted by molar-refractivity contribution is 5.26. The van der Waals surface area contributed by atoms with Gasteiger partial charge in [-0.3, -0.25) is 0 Å². The van der Waals surface area contributed by atoms with Gasteiger partial charge >= 0.3 is 0 Å². The summed E-state index contributed by atoms with van der Waals surface area (Å²) >= 11 is 0. The van der Waals surface area contributed by atoms with Crippen molar-refractivity contribution in [3.05, 3.63) is 24.0 Å². The monoisotopic (exact) mass is 194 g/mol. The molecule has 2 rings (SSSR count). The number of hydrogen-bond donors (Lipinski definition) is 2. The van der Waals surface area contributed by atoms with Crippen LogP contribution in [0.3, 0.4) is 0 Å². The Morgan fingerprint density at radius 1 is 1.64 bits per heavy atom. The van der Waals surface area contributed by atoms with E-state index in [2.05, 4.69) is 24.2 Å². The summed E-state index contributed by atoms with van der Waals surface area (Å²) in [4.78, 5) is 3.11. The van der Waals surface area contributed by atoms with Gasteiger partial charge in [-0.15, -0.1) is 0 Å². The zero-order valence-corrected chi connectivity index (χ0v) is 8.62. The van der Waals surface area contributed by atoms with Gasteiger partial charge in [-0.05, 0) is 30.5 Å². The fourth-order valence-corrected chi connectivity index (χ4v) is 2.22. The number of ether oxygens (including phenoxy) is 1. The van der Waals surface area contributed by atoms with Crippen LogP contribution in [0.5, 0.6) is 0 Å². The van der Waals surface area contributed by atoms with E-state index in [-0.39, 0.29) is 5.41 Å². The summed E-state index contributed by atoms with van der Waals surface area (Å²) in [6.07, 6.45) is 5.12. The van der Waals surface area contributed by atoms with Gasteiger partial charge in [-0.1, -0.05) is 6.92 Å². The minimum absolute atomic E-state index is 0.222. The van der Waals surface area contributed by atoms with Gasteiger partial charge < -0.3 is 15.5 Å². The summed E-state index contributed by atoms with van der Waals surface area (Å²) in [5, 5.41) is 0. The molecule has 1 unspecified atom stereocenters. The molecule has 0 radical (unpaired) electrons. The average molecular weight is 194 g/mol. The predicted molar refractivity (Wildman–Crippen MR) is 56.1 cm³/mol. The third-order valence-electron chi connectivity index (χ3n) is 3.44. The third kappa shape index (κ3) is 1.37. The molecule has 1 saturated heterocycles. The van der Waals surface area contributed by atoms with Gasteiger partial charge in [-0.2, -0.15) is 0 Å². The second-order valence-corrected chi connectivity index (χ2v) is 4.23. The van der Waals surface area contributed by atoms with E-state index in [1.54, 1.807) is 0 Å². The van der Waals surface area contributed by atoms with E-state index < -0.39 is 0 Å². The molecule has 0 bridgehead atoms. The van der Waals surface area contributed by atoms with Crippen LogP contribution < -0.4 is 5.73 Å². The zero-order chi connectivity index (χ0) is 10.0. The van der Waals surface area contributed by atoms with E-state index in [4.69, 9.17) is 10.5 Å². The Hall–Kier alpha value is -0.800. The molecule has 0 saturated carbocycles. The predicted octanol–water partition coefficient (Wildman–Crippen LogP) is 1.27. The summed E-state index contributed by atoms with van der Waals surface area (Å²) in [7, 11) is 0. The van der Waals surface area contributed by atoms with Crippen molar-refractivity contribution in [3.63, 3.8) is 0 Å². The van der Waals surface area contributed by atoms with Crippen LogP contribution in [0.25, 0.3) is 0 Å². The molecule has 0 spiro atoms. The van der Waals surface area contributed by atoms with Crippen LogP contribution in [-0.4, -0.2) is 24.7 Å². The first-order chi connectivity index (χ1) is 6.79. The molecule has 14 heavy (non-hydrogen) atoms. The van der Waals surface area contributed by atoms with Crippen LogP contribution in [-0.2, 0) is 10.2 Å². The van der Waals surface area contributed by atoms with Crippen LogP contribution in [0.1, 0.15) is 18.9 Å². The summed E-state index contributed by atoms with van der Waals surface area (Å²) in [6.45, 7) is 4.70. The number of aromatic nitrogens is 1. The molecule has 78 valence electrons. The maximum absolute atomic E-state index is 5.61. The molecule has 2 heterocycles. The second kappa shape index (κ2) is 3.75. The van der Waals surface area contributed by atoms with Crippen molar-refractivity contribution in [2.45, 2.75) is 18.8 Å². The summed E-state index contributed by atoms with van der Waals surface area (Å²) < 4.78 is 5.37. The van der Waals surface area contributed by atoms with Crippen LogP contribution in [0.4, 0.5) is 0 Å². The summed E-state index contributed by atoms with van der Waals surface area (Å²) in [5.74, 6) is 0.594. The molecule has 0 aromatic carbocycles. The molecular formula is C11H18N2O. The molecule has 1 atom stereocenters. The van der Waals surface area contributed by atoms with Gasteiger partial charge in [0.1, 0.15) is 0 Å². The molecule has 1 aromatic rings. The average Bonchev–Trinajstić information content (AvgIpc) is 2.56. The number of aromatic amines is 1. The Morgan fingerprint density at radius 3 is 2.86 bits per heavy atom. The molecule has 0 amide bonds. The number of nitrogens with two attached hydrogens (primary N) is 1. The minimum atomic E-state index is 0.222. The van der Waals surface area contributed by atoms with E-state index in [1.165, 1.54) is 5.56 Å². The lowest BCUT2D eigenvalue weighted by Crippen LogP contribution is -2.51. The highest BCUT2D eigenvalue weighted by Gasteiger charge is 2.44. The SMILES string of the molecule is CC(CCN)C1(c2cc[nH]c2)COC1. The van der Waals surface area contributed by atoms with Gasteiger partial charge in [-0.25, -0.2) is 0 Å². The quantitative estimate of drug-likeness (QED) is 0.758.